The summed E-state index contributed by atoms with van der Waals surface area (Å²) < 4.78 is 40.1. The average molecular weight is 348 g/mol. The highest BCUT2D eigenvalue weighted by molar-refractivity contribution is 6.28. The van der Waals surface area contributed by atoms with Crippen LogP contribution in [0.4, 0.5) is 13.2 Å². The Morgan fingerprint density at radius 2 is 1.96 bits per heavy atom. The van der Waals surface area contributed by atoms with Crippen molar-refractivity contribution in [2.75, 3.05) is 13.1 Å². The van der Waals surface area contributed by atoms with Gasteiger partial charge in [0, 0.05) is 13.0 Å². The van der Waals surface area contributed by atoms with Crippen molar-refractivity contribution < 1.29 is 13.2 Å². The molecule has 0 N–H and O–H groups in total. The molecule has 1 fully saturated rings. The Morgan fingerprint density at radius 1 is 1.30 bits per heavy atom. The Labute approximate surface area is 136 Å². The largest absolute Gasteiger partial charge is 0.403 e. The van der Waals surface area contributed by atoms with Crippen LogP contribution in [-0.4, -0.2) is 50.0 Å². The number of alkyl halides is 3. The lowest BCUT2D eigenvalue weighted by Gasteiger charge is -2.36. The van der Waals surface area contributed by atoms with Gasteiger partial charge in [0.1, 0.15) is 17.1 Å². The number of fused-ring (bicyclic) bond motifs is 1. The monoisotopic (exact) mass is 347 g/mol. The van der Waals surface area contributed by atoms with Crippen LogP contribution in [0.25, 0.3) is 11.0 Å². The zero-order valence-corrected chi connectivity index (χ0v) is 13.6. The molecule has 0 radical (unpaired) electrons. The van der Waals surface area contributed by atoms with Gasteiger partial charge in [0.25, 0.3) is 0 Å². The number of aryl methyl sites for hydroxylation is 1. The summed E-state index contributed by atoms with van der Waals surface area (Å²) in [5.41, 5.74) is 2.26. The maximum Gasteiger partial charge on any atom is 0.403 e. The van der Waals surface area contributed by atoms with E-state index in [9.17, 15) is 13.2 Å². The summed E-state index contributed by atoms with van der Waals surface area (Å²) in [4.78, 5) is 9.67. The number of nitrogens with zero attached hydrogens (tertiary/aromatic N) is 5. The first-order valence-corrected chi connectivity index (χ1v) is 7.81. The number of halogens is 4. The van der Waals surface area contributed by atoms with Gasteiger partial charge in [-0.05, 0) is 44.5 Å². The van der Waals surface area contributed by atoms with Gasteiger partial charge in [-0.25, -0.2) is 9.97 Å². The van der Waals surface area contributed by atoms with Gasteiger partial charge in [0.15, 0.2) is 0 Å². The van der Waals surface area contributed by atoms with Crippen LogP contribution >= 0.6 is 11.6 Å². The topological polar surface area (TPSA) is 46.8 Å². The Morgan fingerprint density at radius 3 is 2.57 bits per heavy atom. The molecular formula is C14H17ClF3N5. The highest BCUT2D eigenvalue weighted by atomic mass is 35.5. The molecule has 0 spiro atoms. The normalized spacial score (nSPS) is 19.4. The number of aromatic nitrogens is 4. The van der Waals surface area contributed by atoms with Crippen LogP contribution in [0.2, 0.25) is 5.28 Å². The van der Waals surface area contributed by atoms with Crippen LogP contribution in [0.1, 0.15) is 31.4 Å². The van der Waals surface area contributed by atoms with E-state index in [-0.39, 0.29) is 11.2 Å². The summed E-state index contributed by atoms with van der Waals surface area (Å²) in [6.07, 6.45) is -1.34. The van der Waals surface area contributed by atoms with Gasteiger partial charge >= 0.3 is 6.18 Å². The van der Waals surface area contributed by atoms with Crippen LogP contribution in [0.15, 0.2) is 6.20 Å². The van der Waals surface area contributed by atoms with Crippen molar-refractivity contribution in [2.45, 2.75) is 37.9 Å². The molecule has 0 amide bonds. The van der Waals surface area contributed by atoms with E-state index < -0.39 is 12.2 Å². The quantitative estimate of drug-likeness (QED) is 0.783. The van der Waals surface area contributed by atoms with Crippen molar-refractivity contribution in [1.82, 2.24) is 24.6 Å². The molecule has 0 bridgehead atoms. The zero-order chi connectivity index (χ0) is 16.8. The van der Waals surface area contributed by atoms with Crippen molar-refractivity contribution in [3.05, 3.63) is 17.2 Å². The van der Waals surface area contributed by atoms with Crippen LogP contribution in [0.5, 0.6) is 0 Å². The van der Waals surface area contributed by atoms with E-state index in [4.69, 9.17) is 11.6 Å². The minimum Gasteiger partial charge on any atom is -0.292 e. The molecular weight excluding hydrogens is 331 g/mol. The van der Waals surface area contributed by atoms with Gasteiger partial charge in [-0.1, -0.05) is 0 Å². The standard InChI is InChI=1S/C14H17ClF3N5/c1-8(14(16,17)18)23-5-3-9(4-6-23)11-12-10(22(2)21-11)7-19-13(15)20-12/h7-9H,3-6H2,1-2H3. The zero-order valence-electron chi connectivity index (χ0n) is 12.8. The molecule has 1 saturated heterocycles. The molecule has 9 heteroatoms. The van der Waals surface area contributed by atoms with Crippen molar-refractivity contribution in [3.8, 4) is 0 Å². The number of hydrogen-bond acceptors (Lipinski definition) is 4. The first-order valence-electron chi connectivity index (χ1n) is 7.43. The number of rotatable bonds is 2. The first kappa shape index (κ1) is 16.4. The molecule has 0 aromatic carbocycles. The summed E-state index contributed by atoms with van der Waals surface area (Å²) in [5, 5.41) is 4.64. The number of hydrogen-bond donors (Lipinski definition) is 0. The SMILES string of the molecule is CC(N1CCC(c2nn(C)c3cnc(Cl)nc23)CC1)C(F)(F)F. The number of piperidine rings is 1. The molecule has 23 heavy (non-hydrogen) atoms. The van der Waals surface area contributed by atoms with Crippen LogP contribution in [-0.2, 0) is 7.05 Å². The fourth-order valence-corrected chi connectivity index (χ4v) is 3.22. The molecule has 2 aromatic rings. The van der Waals surface area contributed by atoms with Gasteiger partial charge in [-0.2, -0.15) is 18.3 Å². The molecule has 2 aromatic heterocycles. The minimum atomic E-state index is -4.19. The molecule has 3 rings (SSSR count). The average Bonchev–Trinajstić information content (AvgIpc) is 2.82. The highest BCUT2D eigenvalue weighted by Crippen LogP contribution is 2.34. The van der Waals surface area contributed by atoms with Crippen LogP contribution < -0.4 is 0 Å². The summed E-state index contributed by atoms with van der Waals surface area (Å²) in [6, 6.07) is -1.42. The van der Waals surface area contributed by atoms with Crippen molar-refractivity contribution >= 4 is 22.6 Å². The molecule has 5 nitrogen and oxygen atoms in total. The Kier molecular flexibility index (Phi) is 4.22. The minimum absolute atomic E-state index is 0.0846. The lowest BCUT2D eigenvalue weighted by Crippen LogP contribution is -2.47. The molecule has 0 aliphatic carbocycles. The lowest BCUT2D eigenvalue weighted by atomic mass is 9.92. The smallest absolute Gasteiger partial charge is 0.292 e. The molecule has 0 saturated carbocycles. The summed E-state index contributed by atoms with van der Waals surface area (Å²) in [6.45, 7) is 1.99. The van der Waals surface area contributed by atoms with Gasteiger partial charge in [-0.15, -0.1) is 0 Å². The third-order valence-corrected chi connectivity index (χ3v) is 4.71. The predicted octanol–water partition coefficient (Wildman–Crippen LogP) is 3.15. The van der Waals surface area contributed by atoms with Crippen LogP contribution in [0.3, 0.4) is 0 Å². The summed E-state index contributed by atoms with van der Waals surface area (Å²) in [7, 11) is 1.80. The predicted molar refractivity (Wildman–Crippen MR) is 80.4 cm³/mol. The first-order chi connectivity index (χ1) is 10.8. The molecule has 3 heterocycles. The van der Waals surface area contributed by atoms with Crippen molar-refractivity contribution in [1.29, 1.82) is 0 Å². The fourth-order valence-electron chi connectivity index (χ4n) is 3.08. The van der Waals surface area contributed by atoms with E-state index in [0.29, 0.717) is 31.4 Å². The molecule has 126 valence electrons. The van der Waals surface area contributed by atoms with Gasteiger partial charge < -0.3 is 0 Å². The second-order valence-corrected chi connectivity index (χ2v) is 6.25. The van der Waals surface area contributed by atoms with E-state index in [1.165, 1.54) is 11.8 Å². The van der Waals surface area contributed by atoms with E-state index >= 15 is 0 Å². The highest BCUT2D eigenvalue weighted by Gasteiger charge is 2.41. The second kappa shape index (κ2) is 5.90. The Hall–Kier alpha value is -1.41. The third-order valence-electron chi connectivity index (χ3n) is 4.53. The third kappa shape index (κ3) is 3.14. The summed E-state index contributed by atoms with van der Waals surface area (Å²) in [5.74, 6) is 0.0846. The van der Waals surface area contributed by atoms with E-state index in [0.717, 1.165) is 11.2 Å². The van der Waals surface area contributed by atoms with Crippen LogP contribution in [0, 0.1) is 0 Å². The lowest BCUT2D eigenvalue weighted by molar-refractivity contribution is -0.181. The fraction of sp³-hybridized carbons (Fsp3) is 0.643. The van der Waals surface area contributed by atoms with Gasteiger partial charge in [0.05, 0.1) is 11.9 Å². The number of likely N-dealkylation sites (tertiary alicyclic amines) is 1. The summed E-state index contributed by atoms with van der Waals surface area (Å²) >= 11 is 5.86. The molecule has 1 atom stereocenters. The molecule has 1 aliphatic heterocycles. The second-order valence-electron chi connectivity index (χ2n) is 5.91. The van der Waals surface area contributed by atoms with Crippen molar-refractivity contribution in [2.24, 2.45) is 7.05 Å². The van der Waals surface area contributed by atoms with E-state index in [1.54, 1.807) is 17.9 Å². The maximum absolute atomic E-state index is 12.8. The maximum atomic E-state index is 12.8. The van der Waals surface area contributed by atoms with E-state index in [1.807, 2.05) is 0 Å². The molecule has 1 aliphatic rings. The Bertz CT molecular complexity index is 706. The van der Waals surface area contributed by atoms with Gasteiger partial charge in [-0.3, -0.25) is 9.58 Å². The molecule has 1 unspecified atom stereocenters. The van der Waals surface area contributed by atoms with Gasteiger partial charge in [0.2, 0.25) is 5.28 Å². The van der Waals surface area contributed by atoms with E-state index in [2.05, 4.69) is 15.1 Å². The Balaban J connectivity index is 1.79. The van der Waals surface area contributed by atoms with Crippen molar-refractivity contribution in [3.63, 3.8) is 0 Å².